The molecule has 0 aliphatic rings. The molecule has 0 spiro atoms. The second-order valence-corrected chi connectivity index (χ2v) is 6.83. The summed E-state index contributed by atoms with van der Waals surface area (Å²) in [5.74, 6) is 0.116. The summed E-state index contributed by atoms with van der Waals surface area (Å²) in [6.07, 6.45) is 4.92. The second-order valence-electron chi connectivity index (χ2n) is 3.91. The van der Waals surface area contributed by atoms with Gasteiger partial charge in [0.05, 0.1) is 0 Å². The van der Waals surface area contributed by atoms with E-state index in [1.165, 1.54) is 11.3 Å². The molecule has 0 aliphatic carbocycles. The van der Waals surface area contributed by atoms with Crippen molar-refractivity contribution < 1.29 is 9.00 Å². The van der Waals surface area contributed by atoms with E-state index < -0.39 is 10.8 Å². The topological polar surface area (TPSA) is 72.0 Å². The molecule has 2 heterocycles. The number of amides is 1. The molecule has 0 radical (unpaired) electrons. The first-order valence-electron chi connectivity index (χ1n) is 5.73. The van der Waals surface area contributed by atoms with Crippen molar-refractivity contribution in [1.82, 2.24) is 15.3 Å². The van der Waals surface area contributed by atoms with Crippen LogP contribution in [0.15, 0.2) is 24.5 Å². The minimum atomic E-state index is -0.936. The van der Waals surface area contributed by atoms with Crippen LogP contribution in [0.25, 0.3) is 10.6 Å². The highest BCUT2D eigenvalue weighted by atomic mass is 35.5. The number of hydrogen-bond acceptors (Lipinski definition) is 5. The Hall–Kier alpha value is -1.31. The zero-order valence-corrected chi connectivity index (χ0v) is 13.0. The van der Waals surface area contributed by atoms with Gasteiger partial charge < -0.3 is 5.32 Å². The Kier molecular flexibility index (Phi) is 5.22. The van der Waals surface area contributed by atoms with E-state index in [4.69, 9.17) is 11.6 Å². The number of hydrogen-bond donors (Lipinski definition) is 1. The SMILES string of the molecule is CS(=O)CCNC(=O)c1sc(-c2cccnc2)nc1Cl. The molecule has 1 N–H and O–H groups in total. The predicted molar refractivity (Wildman–Crippen MR) is 81.6 cm³/mol. The Morgan fingerprint density at radius 2 is 2.35 bits per heavy atom. The number of carbonyl (C=O) groups excluding carboxylic acids is 1. The molecule has 0 fully saturated rings. The van der Waals surface area contributed by atoms with Crippen LogP contribution in [0.3, 0.4) is 0 Å². The van der Waals surface area contributed by atoms with Crippen molar-refractivity contribution in [3.8, 4) is 10.6 Å². The van der Waals surface area contributed by atoms with Gasteiger partial charge in [-0.05, 0) is 12.1 Å². The molecule has 2 aromatic heterocycles. The van der Waals surface area contributed by atoms with Crippen LogP contribution >= 0.6 is 22.9 Å². The van der Waals surface area contributed by atoms with Crippen molar-refractivity contribution in [2.75, 3.05) is 18.6 Å². The summed E-state index contributed by atoms with van der Waals surface area (Å²) in [6.45, 7) is 0.346. The minimum Gasteiger partial charge on any atom is -0.350 e. The fourth-order valence-corrected chi connectivity index (χ4v) is 3.03. The standard InChI is InChI=1S/C12H12ClN3O2S2/c1-20(18)6-5-15-11(17)9-10(13)16-12(19-9)8-3-2-4-14-7-8/h2-4,7H,5-6H2,1H3,(H,15,17). The highest BCUT2D eigenvalue weighted by molar-refractivity contribution is 7.84. The van der Waals surface area contributed by atoms with E-state index >= 15 is 0 Å². The molecule has 20 heavy (non-hydrogen) atoms. The van der Waals surface area contributed by atoms with E-state index in [1.807, 2.05) is 6.07 Å². The summed E-state index contributed by atoms with van der Waals surface area (Å²) in [7, 11) is -0.936. The third kappa shape index (κ3) is 3.84. The van der Waals surface area contributed by atoms with Crippen molar-refractivity contribution in [3.63, 3.8) is 0 Å². The molecule has 2 rings (SSSR count). The molecule has 0 aliphatic heterocycles. The van der Waals surface area contributed by atoms with Gasteiger partial charge in [0.2, 0.25) is 0 Å². The van der Waals surface area contributed by atoms with E-state index in [1.54, 1.807) is 24.7 Å². The molecule has 1 unspecified atom stereocenters. The number of aromatic nitrogens is 2. The van der Waals surface area contributed by atoms with Crippen LogP contribution in [0.5, 0.6) is 0 Å². The molecule has 0 bridgehead atoms. The average Bonchev–Trinajstić information content (AvgIpc) is 2.81. The molecule has 0 saturated heterocycles. The first kappa shape index (κ1) is 15.1. The van der Waals surface area contributed by atoms with Gasteiger partial charge in [-0.3, -0.25) is 14.0 Å². The summed E-state index contributed by atoms with van der Waals surface area (Å²) >= 11 is 7.20. The average molecular weight is 330 g/mol. The third-order valence-corrected chi connectivity index (χ3v) is 4.64. The van der Waals surface area contributed by atoms with Gasteiger partial charge in [-0.25, -0.2) is 4.98 Å². The fraction of sp³-hybridized carbons (Fsp3) is 0.250. The monoisotopic (exact) mass is 329 g/mol. The number of nitrogens with zero attached hydrogens (tertiary/aromatic N) is 2. The molecule has 5 nitrogen and oxygen atoms in total. The summed E-state index contributed by atoms with van der Waals surface area (Å²) in [5.41, 5.74) is 0.813. The molecular formula is C12H12ClN3O2S2. The molecule has 2 aromatic rings. The number of nitrogens with one attached hydrogen (secondary N) is 1. The lowest BCUT2D eigenvalue weighted by Gasteiger charge is -2.01. The van der Waals surface area contributed by atoms with Crippen molar-refractivity contribution in [1.29, 1.82) is 0 Å². The molecule has 1 amide bonds. The van der Waals surface area contributed by atoms with E-state index in [-0.39, 0.29) is 11.1 Å². The first-order chi connectivity index (χ1) is 9.58. The van der Waals surface area contributed by atoms with Crippen molar-refractivity contribution in [2.45, 2.75) is 0 Å². The van der Waals surface area contributed by atoms with Crippen LogP contribution in [0.4, 0.5) is 0 Å². The maximum atomic E-state index is 12.0. The quantitative estimate of drug-likeness (QED) is 0.910. The van der Waals surface area contributed by atoms with Gasteiger partial charge in [0, 0.05) is 47.3 Å². The number of carbonyl (C=O) groups is 1. The zero-order valence-electron chi connectivity index (χ0n) is 10.6. The molecule has 0 saturated carbocycles. The van der Waals surface area contributed by atoms with Crippen LogP contribution in [-0.4, -0.2) is 38.6 Å². The third-order valence-electron chi connectivity index (χ3n) is 2.38. The Morgan fingerprint density at radius 3 is 3.00 bits per heavy atom. The zero-order chi connectivity index (χ0) is 14.5. The van der Waals surface area contributed by atoms with Gasteiger partial charge in [-0.1, -0.05) is 11.6 Å². The summed E-state index contributed by atoms with van der Waals surface area (Å²) in [6, 6.07) is 3.64. The van der Waals surface area contributed by atoms with Gasteiger partial charge in [-0.2, -0.15) is 0 Å². The van der Waals surface area contributed by atoms with Gasteiger partial charge in [0.1, 0.15) is 9.88 Å². The first-order valence-corrected chi connectivity index (χ1v) is 8.65. The largest absolute Gasteiger partial charge is 0.350 e. The number of thiazole rings is 1. The molecular weight excluding hydrogens is 318 g/mol. The molecule has 1 atom stereocenters. The maximum absolute atomic E-state index is 12.0. The van der Waals surface area contributed by atoms with Crippen LogP contribution in [0, 0.1) is 0 Å². The summed E-state index contributed by atoms with van der Waals surface area (Å²) in [4.78, 5) is 20.5. The minimum absolute atomic E-state index is 0.170. The summed E-state index contributed by atoms with van der Waals surface area (Å²) < 4.78 is 10.9. The van der Waals surface area contributed by atoms with Gasteiger partial charge >= 0.3 is 0 Å². The lowest BCUT2D eigenvalue weighted by molar-refractivity contribution is 0.0960. The van der Waals surface area contributed by atoms with E-state index in [0.717, 1.165) is 5.56 Å². The smallest absolute Gasteiger partial charge is 0.264 e. The molecule has 106 valence electrons. The molecule has 0 aromatic carbocycles. The van der Waals surface area contributed by atoms with Gasteiger partial charge in [0.25, 0.3) is 5.91 Å². The highest BCUT2D eigenvalue weighted by Gasteiger charge is 2.17. The van der Waals surface area contributed by atoms with Crippen LogP contribution in [-0.2, 0) is 10.8 Å². The van der Waals surface area contributed by atoms with Crippen LogP contribution < -0.4 is 5.32 Å². The normalized spacial score (nSPS) is 12.1. The maximum Gasteiger partial charge on any atom is 0.264 e. The number of halogens is 1. The Bertz CT molecular complexity index is 631. The van der Waals surface area contributed by atoms with Crippen LogP contribution in [0.1, 0.15) is 9.67 Å². The Morgan fingerprint density at radius 1 is 1.55 bits per heavy atom. The van der Waals surface area contributed by atoms with E-state index in [2.05, 4.69) is 15.3 Å². The fourth-order valence-electron chi connectivity index (χ4n) is 1.44. The van der Waals surface area contributed by atoms with Gasteiger partial charge in [-0.15, -0.1) is 11.3 Å². The highest BCUT2D eigenvalue weighted by Crippen LogP contribution is 2.30. The van der Waals surface area contributed by atoms with Crippen molar-refractivity contribution in [3.05, 3.63) is 34.6 Å². The lowest BCUT2D eigenvalue weighted by Crippen LogP contribution is -2.27. The van der Waals surface area contributed by atoms with Crippen LogP contribution in [0.2, 0.25) is 5.15 Å². The molecule has 8 heteroatoms. The Balaban J connectivity index is 2.11. The van der Waals surface area contributed by atoms with E-state index in [9.17, 15) is 9.00 Å². The number of pyridine rings is 1. The van der Waals surface area contributed by atoms with Crippen molar-refractivity contribution in [2.24, 2.45) is 0 Å². The summed E-state index contributed by atoms with van der Waals surface area (Å²) in [5, 5.41) is 3.49. The Labute approximate surface area is 127 Å². The van der Waals surface area contributed by atoms with Crippen molar-refractivity contribution >= 4 is 39.6 Å². The van der Waals surface area contributed by atoms with E-state index in [0.29, 0.717) is 22.2 Å². The number of rotatable bonds is 5. The second kappa shape index (κ2) is 6.92. The lowest BCUT2D eigenvalue weighted by atomic mass is 10.3. The predicted octanol–water partition coefficient (Wildman–Crippen LogP) is 1.97. The van der Waals surface area contributed by atoms with Gasteiger partial charge in [0.15, 0.2) is 5.15 Å².